The molecule has 0 radical (unpaired) electrons. The molecule has 0 saturated carbocycles. The van der Waals surface area contributed by atoms with Gasteiger partial charge in [0.15, 0.2) is 23.0 Å². The van der Waals surface area contributed by atoms with Gasteiger partial charge in [0.25, 0.3) is 11.8 Å². The number of benzene rings is 3. The molecule has 4 atom stereocenters. The number of nitrogens with one attached hydrogen (secondary N) is 5. The summed E-state index contributed by atoms with van der Waals surface area (Å²) in [4.78, 5) is 93.8. The molecular weight excluding hydrogens is 979 g/mol. The second kappa shape index (κ2) is 27.1. The average Bonchev–Trinajstić information content (AvgIpc) is 3.97. The Morgan fingerprint density at radius 1 is 0.693 bits per heavy atom. The highest BCUT2D eigenvalue weighted by Gasteiger charge is 2.35. The van der Waals surface area contributed by atoms with Crippen molar-refractivity contribution in [3.8, 4) is 23.0 Å². The number of carbonyl (C=O) groups excluding carboxylic acids is 6. The summed E-state index contributed by atoms with van der Waals surface area (Å²) in [5.41, 5.74) is 2.28. The first-order chi connectivity index (χ1) is 35.8. The fourth-order valence-electron chi connectivity index (χ4n) is 8.07. The van der Waals surface area contributed by atoms with Gasteiger partial charge in [0.2, 0.25) is 11.8 Å². The van der Waals surface area contributed by atoms with Gasteiger partial charge in [0, 0.05) is 37.3 Å². The molecule has 0 bridgehead atoms. The first kappa shape index (κ1) is 57.6. The quantitative estimate of drug-likeness (QED) is 0.0417. The molecule has 2 aliphatic heterocycles. The van der Waals surface area contributed by atoms with Gasteiger partial charge in [-0.25, -0.2) is 14.4 Å². The summed E-state index contributed by atoms with van der Waals surface area (Å²) in [5, 5.41) is 42.2. The topological polar surface area (TPSA) is 302 Å². The number of carbonyl (C=O) groups is 7. The normalized spacial score (nSPS) is 15.8. The number of anilines is 3. The number of ether oxygens (including phenoxy) is 6. The summed E-state index contributed by atoms with van der Waals surface area (Å²) in [6, 6.07) is 8.76. The van der Waals surface area contributed by atoms with E-state index >= 15 is 0 Å². The molecule has 0 aliphatic carbocycles. The van der Waals surface area contributed by atoms with E-state index in [9.17, 15) is 48.9 Å². The lowest BCUT2D eigenvalue weighted by atomic mass is 10.0. The number of alkyl carbamates (subject to hydrolysis) is 1. The molecule has 23 nitrogen and oxygen atoms in total. The minimum Gasteiger partial charge on any atom is -0.493 e. The summed E-state index contributed by atoms with van der Waals surface area (Å²) in [5.74, 6) is -2.01. The summed E-state index contributed by atoms with van der Waals surface area (Å²) in [6.07, 6.45) is -0.780. The van der Waals surface area contributed by atoms with Crippen LogP contribution < -0.4 is 45.5 Å². The molecule has 8 N–H and O–H groups in total. The average molecular weight is 1040 g/mol. The standard InChI is InChI=1S/C52H65N7O16/c1-9-15-74-52(69)57-45(29(2)3)47(63)53-32(6)46(62)54-34-13-11-33(12-14-34)28-75-51(68)56-40-23-44(42(71-8)21-38(40)49(65)59-25-31(5)19-36(59)27-61)73-17-10-16-72-43-22-39(55-50(66)67)37(20-41(43)70-7)48(64)58-24-30(4)18-35(58)26-60/h9,11-14,20-23,29,32,35-36,45,55,60-61H,1,4-5,10,15-19,24-28H2,2-3,6-8H3,(H,53,63)(H,54,62)(H,56,68)(H,57,69)(H,66,67)/t32?,35-,36-,45?/m0/s1. The summed E-state index contributed by atoms with van der Waals surface area (Å²) >= 11 is 0. The van der Waals surface area contributed by atoms with Crippen LogP contribution in [-0.2, 0) is 25.7 Å². The molecule has 75 heavy (non-hydrogen) atoms. The van der Waals surface area contributed by atoms with E-state index in [-0.39, 0.29) is 111 Å². The number of hydrogen-bond acceptors (Lipinski definition) is 15. The van der Waals surface area contributed by atoms with Crippen LogP contribution >= 0.6 is 0 Å². The Hall–Kier alpha value is -8.31. The number of carboxylic acid groups (broad SMARTS) is 1. The van der Waals surface area contributed by atoms with Crippen LogP contribution in [-0.4, -0.2) is 152 Å². The summed E-state index contributed by atoms with van der Waals surface area (Å²) in [6.45, 7) is 15.8. The largest absolute Gasteiger partial charge is 0.493 e. The monoisotopic (exact) mass is 1040 g/mol. The zero-order valence-electron chi connectivity index (χ0n) is 42.5. The van der Waals surface area contributed by atoms with Crippen LogP contribution in [0.1, 0.15) is 66.3 Å². The summed E-state index contributed by atoms with van der Waals surface area (Å²) < 4.78 is 33.6. The minimum atomic E-state index is -1.43. The first-order valence-electron chi connectivity index (χ1n) is 23.9. The van der Waals surface area contributed by atoms with E-state index in [1.807, 2.05) is 0 Å². The Kier molecular flexibility index (Phi) is 20.8. The van der Waals surface area contributed by atoms with Crippen molar-refractivity contribution in [2.24, 2.45) is 5.92 Å². The molecule has 2 saturated heterocycles. The van der Waals surface area contributed by atoms with Gasteiger partial charge in [-0.2, -0.15) is 0 Å². The van der Waals surface area contributed by atoms with Gasteiger partial charge in [-0.1, -0.05) is 62.9 Å². The molecule has 2 fully saturated rings. The minimum absolute atomic E-state index is 0.00136. The molecule has 7 amide bonds. The smallest absolute Gasteiger partial charge is 0.411 e. The Labute approximate surface area is 433 Å². The second-order valence-corrected chi connectivity index (χ2v) is 17.9. The van der Waals surface area contributed by atoms with E-state index in [4.69, 9.17) is 28.4 Å². The number of aliphatic hydroxyl groups is 2. The van der Waals surface area contributed by atoms with Gasteiger partial charge in [0.05, 0.1) is 75.2 Å². The van der Waals surface area contributed by atoms with E-state index in [1.165, 1.54) is 61.3 Å². The van der Waals surface area contributed by atoms with Crippen LogP contribution in [0, 0.1) is 5.92 Å². The van der Waals surface area contributed by atoms with E-state index in [0.717, 1.165) is 11.1 Å². The number of likely N-dealkylation sites (tertiary alicyclic amines) is 2. The van der Waals surface area contributed by atoms with E-state index in [2.05, 4.69) is 46.3 Å². The second-order valence-electron chi connectivity index (χ2n) is 17.9. The van der Waals surface area contributed by atoms with Crippen LogP contribution in [0.2, 0.25) is 0 Å². The van der Waals surface area contributed by atoms with E-state index in [0.29, 0.717) is 24.1 Å². The lowest BCUT2D eigenvalue weighted by Crippen LogP contribution is -2.53. The van der Waals surface area contributed by atoms with Gasteiger partial charge >= 0.3 is 18.3 Å². The molecule has 0 aromatic heterocycles. The third-order valence-electron chi connectivity index (χ3n) is 11.9. The maximum absolute atomic E-state index is 14.1. The Bertz CT molecular complexity index is 2620. The SMILES string of the molecule is C=CCOC(=O)NC(C(=O)NC(C)C(=O)Nc1ccc(COC(=O)Nc2cc(OCCCOc3cc(NC(=O)O)c(C(=O)N4CC(=C)C[C@H]4CO)cc3OC)c(OC)cc2C(=O)N2CC(=C)C[C@H]2CO)cc1)C(C)C. The molecule has 5 rings (SSSR count). The van der Waals surface area contributed by atoms with Gasteiger partial charge in [-0.15, -0.1) is 0 Å². The van der Waals surface area contributed by atoms with E-state index < -0.39 is 66.1 Å². The Morgan fingerprint density at radius 3 is 1.68 bits per heavy atom. The number of hydrogen-bond donors (Lipinski definition) is 8. The lowest BCUT2D eigenvalue weighted by Gasteiger charge is -2.25. The number of methoxy groups -OCH3 is 2. The molecule has 2 unspecified atom stereocenters. The maximum atomic E-state index is 14.1. The van der Waals surface area contributed by atoms with Crippen LogP contribution in [0.3, 0.4) is 0 Å². The van der Waals surface area contributed by atoms with Crippen LogP contribution in [0.25, 0.3) is 0 Å². The zero-order chi connectivity index (χ0) is 54.9. The van der Waals surface area contributed by atoms with Gasteiger partial charge in [0.1, 0.15) is 25.3 Å². The van der Waals surface area contributed by atoms with Crippen molar-refractivity contribution in [1.82, 2.24) is 20.4 Å². The highest BCUT2D eigenvalue weighted by atomic mass is 16.6. The Balaban J connectivity index is 1.24. The maximum Gasteiger partial charge on any atom is 0.411 e. The zero-order valence-corrected chi connectivity index (χ0v) is 42.5. The van der Waals surface area contributed by atoms with Gasteiger partial charge < -0.3 is 69.5 Å². The fraction of sp³-hybridized carbons (Fsp3) is 0.404. The van der Waals surface area contributed by atoms with E-state index in [1.54, 1.807) is 38.1 Å². The van der Waals surface area contributed by atoms with Crippen molar-refractivity contribution >= 4 is 59.0 Å². The number of nitrogens with zero attached hydrogens (tertiary/aromatic N) is 2. The molecule has 2 aliphatic rings. The van der Waals surface area contributed by atoms with Crippen molar-refractivity contribution in [1.29, 1.82) is 0 Å². The van der Waals surface area contributed by atoms with Crippen molar-refractivity contribution < 1.29 is 77.3 Å². The highest BCUT2D eigenvalue weighted by molar-refractivity contribution is 6.05. The predicted molar refractivity (Wildman–Crippen MR) is 274 cm³/mol. The van der Waals surface area contributed by atoms with Crippen LogP contribution in [0.4, 0.5) is 31.4 Å². The predicted octanol–water partition coefficient (Wildman–Crippen LogP) is 5.30. The third-order valence-corrected chi connectivity index (χ3v) is 11.9. The third kappa shape index (κ3) is 15.6. The lowest BCUT2D eigenvalue weighted by molar-refractivity contribution is -0.128. The molecule has 0 spiro atoms. The Morgan fingerprint density at radius 2 is 1.21 bits per heavy atom. The van der Waals surface area contributed by atoms with Crippen molar-refractivity contribution in [3.63, 3.8) is 0 Å². The van der Waals surface area contributed by atoms with Crippen molar-refractivity contribution in [2.75, 3.05) is 76.3 Å². The first-order valence-corrected chi connectivity index (χ1v) is 23.9. The summed E-state index contributed by atoms with van der Waals surface area (Å²) in [7, 11) is 2.73. The fourth-order valence-corrected chi connectivity index (χ4v) is 8.07. The highest BCUT2D eigenvalue weighted by Crippen LogP contribution is 2.38. The van der Waals surface area contributed by atoms with Gasteiger partial charge in [-0.05, 0) is 55.5 Å². The molecule has 2 heterocycles. The van der Waals surface area contributed by atoms with Crippen molar-refractivity contribution in [2.45, 2.75) is 70.8 Å². The molecule has 3 aromatic carbocycles. The molecule has 404 valence electrons. The number of rotatable bonds is 24. The number of amides is 7. The molecular formula is C52H65N7O16. The molecule has 23 heteroatoms. The van der Waals surface area contributed by atoms with Crippen LogP contribution in [0.5, 0.6) is 23.0 Å². The van der Waals surface area contributed by atoms with Gasteiger partial charge in [-0.3, -0.25) is 29.8 Å². The van der Waals surface area contributed by atoms with Crippen molar-refractivity contribution in [3.05, 3.63) is 102 Å². The number of aliphatic hydroxyl groups excluding tert-OH is 2. The molecule has 3 aromatic rings. The van der Waals surface area contributed by atoms with Crippen LogP contribution in [0.15, 0.2) is 85.5 Å².